The molecule has 0 spiro atoms. The highest BCUT2D eigenvalue weighted by Gasteiger charge is 2.38. The van der Waals surface area contributed by atoms with Crippen molar-refractivity contribution in [3.05, 3.63) is 69.8 Å². The Morgan fingerprint density at radius 2 is 1.85 bits per heavy atom. The molecular formula is C27H32N4O2. The van der Waals surface area contributed by atoms with E-state index in [0.717, 1.165) is 60.6 Å². The molecule has 1 aliphatic carbocycles. The molecule has 5 rings (SSSR count). The Balaban J connectivity index is 1.55. The highest BCUT2D eigenvalue weighted by Crippen LogP contribution is 2.33. The third-order valence-corrected chi connectivity index (χ3v) is 7.18. The molecule has 2 aliphatic rings. The average molecular weight is 445 g/mol. The first-order valence-corrected chi connectivity index (χ1v) is 12.0. The lowest BCUT2D eigenvalue weighted by Crippen LogP contribution is -2.55. The number of fused-ring (bicyclic) bond motifs is 1. The van der Waals surface area contributed by atoms with Crippen LogP contribution in [0.4, 0.5) is 0 Å². The first-order valence-electron chi connectivity index (χ1n) is 12.0. The zero-order valence-electron chi connectivity index (χ0n) is 19.9. The normalized spacial score (nSPS) is 20.2. The molecule has 2 fully saturated rings. The van der Waals surface area contributed by atoms with Crippen molar-refractivity contribution >= 4 is 16.8 Å². The van der Waals surface area contributed by atoms with Crippen LogP contribution < -0.4 is 5.56 Å². The van der Waals surface area contributed by atoms with Gasteiger partial charge in [-0.05, 0) is 64.3 Å². The van der Waals surface area contributed by atoms with E-state index in [-0.39, 0.29) is 23.6 Å². The molecular weight excluding hydrogens is 412 g/mol. The number of nitrogens with zero attached hydrogens (tertiary/aromatic N) is 4. The Morgan fingerprint density at radius 3 is 2.55 bits per heavy atom. The van der Waals surface area contributed by atoms with Gasteiger partial charge < -0.3 is 4.90 Å². The van der Waals surface area contributed by atoms with Crippen molar-refractivity contribution < 1.29 is 4.79 Å². The van der Waals surface area contributed by atoms with Gasteiger partial charge in [-0.25, -0.2) is 4.98 Å². The van der Waals surface area contributed by atoms with E-state index in [1.54, 1.807) is 4.57 Å². The second-order valence-corrected chi connectivity index (χ2v) is 9.74. The Hall–Kier alpha value is -2.99. The lowest BCUT2D eigenvalue weighted by atomic mass is 10.1. The Kier molecular flexibility index (Phi) is 5.57. The molecule has 1 aliphatic heterocycles. The molecule has 1 saturated carbocycles. The molecule has 2 unspecified atom stereocenters. The number of carbonyl (C=O) groups is 1. The van der Waals surface area contributed by atoms with Gasteiger partial charge in [0.15, 0.2) is 0 Å². The maximum Gasteiger partial charge on any atom is 0.266 e. The van der Waals surface area contributed by atoms with Crippen LogP contribution in [-0.4, -0.2) is 50.9 Å². The predicted molar refractivity (Wildman–Crippen MR) is 131 cm³/mol. The number of aromatic nitrogens is 2. The van der Waals surface area contributed by atoms with Gasteiger partial charge in [0.05, 0.1) is 22.6 Å². The number of hydrogen-bond donors (Lipinski definition) is 0. The highest BCUT2D eigenvalue weighted by atomic mass is 16.2. The minimum absolute atomic E-state index is 0.0370. The third kappa shape index (κ3) is 3.97. The summed E-state index contributed by atoms with van der Waals surface area (Å²) >= 11 is 0. The van der Waals surface area contributed by atoms with E-state index in [4.69, 9.17) is 4.98 Å². The van der Waals surface area contributed by atoms with E-state index in [0.29, 0.717) is 11.3 Å². The highest BCUT2D eigenvalue weighted by molar-refractivity contribution is 5.81. The first kappa shape index (κ1) is 21.8. The predicted octanol–water partition coefficient (Wildman–Crippen LogP) is 4.01. The largest absolute Gasteiger partial charge is 0.337 e. The fourth-order valence-corrected chi connectivity index (χ4v) is 5.11. The summed E-state index contributed by atoms with van der Waals surface area (Å²) in [5.74, 6) is 1.30. The molecule has 2 aromatic carbocycles. The molecule has 0 bridgehead atoms. The van der Waals surface area contributed by atoms with E-state index >= 15 is 0 Å². The van der Waals surface area contributed by atoms with Crippen LogP contribution in [0, 0.1) is 19.8 Å². The molecule has 172 valence electrons. The quantitative estimate of drug-likeness (QED) is 0.610. The van der Waals surface area contributed by atoms with Gasteiger partial charge in [-0.1, -0.05) is 29.8 Å². The Bertz CT molecular complexity index is 1280. The molecule has 2 heterocycles. The van der Waals surface area contributed by atoms with Gasteiger partial charge in [0.1, 0.15) is 5.82 Å². The van der Waals surface area contributed by atoms with Crippen molar-refractivity contribution in [3.8, 4) is 5.69 Å². The smallest absolute Gasteiger partial charge is 0.266 e. The molecule has 0 N–H and O–H groups in total. The monoisotopic (exact) mass is 444 g/mol. The standard InChI is InChI=1S/C27H32N4O2/c1-17-9-12-24(18(2)15-17)31-25(28-23-8-6-5-7-22(23)27(31)33)20(4)29-13-14-30(19(3)16-29)26(32)21-10-11-21/h5-9,12,15,19-21H,10-11,13-14,16H2,1-4H3. The maximum atomic E-state index is 13.7. The Morgan fingerprint density at radius 1 is 1.09 bits per heavy atom. The van der Waals surface area contributed by atoms with E-state index < -0.39 is 0 Å². The van der Waals surface area contributed by atoms with E-state index in [1.807, 2.05) is 48.2 Å². The zero-order valence-corrected chi connectivity index (χ0v) is 19.9. The van der Waals surface area contributed by atoms with Crippen LogP contribution in [0.5, 0.6) is 0 Å². The summed E-state index contributed by atoms with van der Waals surface area (Å²) in [5, 5.41) is 0.627. The number of para-hydroxylation sites is 1. The van der Waals surface area contributed by atoms with Crippen LogP contribution >= 0.6 is 0 Å². The van der Waals surface area contributed by atoms with Crippen molar-refractivity contribution in [2.45, 2.75) is 52.6 Å². The molecule has 1 aromatic heterocycles. The summed E-state index contributed by atoms with van der Waals surface area (Å²) in [7, 11) is 0. The summed E-state index contributed by atoms with van der Waals surface area (Å²) in [4.78, 5) is 35.8. The van der Waals surface area contributed by atoms with Crippen LogP contribution in [-0.2, 0) is 4.79 Å². The summed E-state index contributed by atoms with van der Waals surface area (Å²) in [6.07, 6.45) is 2.07. The van der Waals surface area contributed by atoms with Gasteiger partial charge in [-0.2, -0.15) is 0 Å². The summed E-state index contributed by atoms with van der Waals surface area (Å²) in [5.41, 5.74) is 3.78. The molecule has 0 radical (unpaired) electrons. The van der Waals surface area contributed by atoms with Crippen LogP contribution in [0.1, 0.15) is 49.7 Å². The molecule has 6 heteroatoms. The van der Waals surface area contributed by atoms with E-state index in [2.05, 4.69) is 31.7 Å². The molecule has 2 atom stereocenters. The fraction of sp³-hybridized carbons (Fsp3) is 0.444. The van der Waals surface area contributed by atoms with Crippen molar-refractivity contribution in [1.29, 1.82) is 0 Å². The molecule has 6 nitrogen and oxygen atoms in total. The van der Waals surface area contributed by atoms with Gasteiger partial charge in [0.25, 0.3) is 5.56 Å². The number of benzene rings is 2. The number of amides is 1. The van der Waals surface area contributed by atoms with E-state index in [9.17, 15) is 9.59 Å². The first-order chi connectivity index (χ1) is 15.8. The van der Waals surface area contributed by atoms with Gasteiger partial charge in [0.2, 0.25) is 5.91 Å². The van der Waals surface area contributed by atoms with Crippen molar-refractivity contribution in [2.24, 2.45) is 5.92 Å². The second kappa shape index (κ2) is 8.41. The molecule has 33 heavy (non-hydrogen) atoms. The van der Waals surface area contributed by atoms with Crippen molar-refractivity contribution in [3.63, 3.8) is 0 Å². The van der Waals surface area contributed by atoms with Crippen LogP contribution in [0.15, 0.2) is 47.3 Å². The van der Waals surface area contributed by atoms with E-state index in [1.165, 1.54) is 0 Å². The lowest BCUT2D eigenvalue weighted by molar-refractivity contribution is -0.137. The summed E-state index contributed by atoms with van der Waals surface area (Å²) in [6.45, 7) is 10.6. The average Bonchev–Trinajstić information content (AvgIpc) is 3.64. The van der Waals surface area contributed by atoms with Crippen molar-refractivity contribution in [2.75, 3.05) is 19.6 Å². The minimum atomic E-state index is -0.0661. The number of hydrogen-bond acceptors (Lipinski definition) is 4. The van der Waals surface area contributed by atoms with Gasteiger partial charge in [0, 0.05) is 31.6 Å². The zero-order chi connectivity index (χ0) is 23.3. The van der Waals surface area contributed by atoms with Crippen LogP contribution in [0.25, 0.3) is 16.6 Å². The Labute approximate surface area is 194 Å². The number of rotatable bonds is 4. The minimum Gasteiger partial charge on any atom is -0.337 e. The lowest BCUT2D eigenvalue weighted by Gasteiger charge is -2.42. The SMILES string of the molecule is Cc1ccc(-n2c(C(C)N3CCN(C(=O)C4CC4)C(C)C3)nc3ccccc3c2=O)c(C)c1. The summed E-state index contributed by atoms with van der Waals surface area (Å²) in [6, 6.07) is 13.8. The fourth-order valence-electron chi connectivity index (χ4n) is 5.11. The molecule has 1 amide bonds. The van der Waals surface area contributed by atoms with Crippen molar-refractivity contribution in [1.82, 2.24) is 19.4 Å². The maximum absolute atomic E-state index is 13.7. The summed E-state index contributed by atoms with van der Waals surface area (Å²) < 4.78 is 1.80. The number of piperazine rings is 1. The molecule has 3 aromatic rings. The van der Waals surface area contributed by atoms with Crippen LogP contribution in [0.3, 0.4) is 0 Å². The third-order valence-electron chi connectivity index (χ3n) is 7.18. The number of carbonyl (C=O) groups excluding carboxylic acids is 1. The van der Waals surface area contributed by atoms with Gasteiger partial charge >= 0.3 is 0 Å². The second-order valence-electron chi connectivity index (χ2n) is 9.74. The van der Waals surface area contributed by atoms with Gasteiger partial charge in [-0.3, -0.25) is 19.1 Å². The topological polar surface area (TPSA) is 58.4 Å². The van der Waals surface area contributed by atoms with Crippen LogP contribution in [0.2, 0.25) is 0 Å². The van der Waals surface area contributed by atoms with Gasteiger partial charge in [-0.15, -0.1) is 0 Å². The molecule has 1 saturated heterocycles. The number of aryl methyl sites for hydroxylation is 2.